The lowest BCUT2D eigenvalue weighted by molar-refractivity contribution is 0.0968. The number of piperidine rings is 1. The molecule has 0 bridgehead atoms. The molecule has 3 aromatic rings. The Kier molecular flexibility index (Phi) is 7.21. The minimum absolute atomic E-state index is 0.182. The van der Waals surface area contributed by atoms with E-state index in [9.17, 15) is 0 Å². The Labute approximate surface area is 189 Å². The Morgan fingerprint density at radius 1 is 1.14 bits per heavy atom. The molecule has 1 aliphatic heterocycles. The van der Waals surface area contributed by atoms with Crippen LogP contribution in [-0.4, -0.2) is 29.1 Å². The lowest BCUT2D eigenvalue weighted by atomic mass is 10.1. The summed E-state index contributed by atoms with van der Waals surface area (Å²) in [6, 6.07) is 13.9. The molecule has 2 aromatic carbocycles. The van der Waals surface area contributed by atoms with Crippen LogP contribution in [0.25, 0.3) is 0 Å². The molecule has 1 fully saturated rings. The number of rotatable bonds is 7. The van der Waals surface area contributed by atoms with Crippen molar-refractivity contribution in [1.29, 1.82) is 0 Å². The quantitative estimate of drug-likeness (QED) is 0.397. The number of nitrogens with one attached hydrogen (secondary N) is 1. The number of thiazole rings is 1. The van der Waals surface area contributed by atoms with Crippen LogP contribution in [0, 0.1) is 0 Å². The van der Waals surface area contributed by atoms with Crippen LogP contribution in [0.15, 0.2) is 58.9 Å². The van der Waals surface area contributed by atoms with Crippen molar-refractivity contribution in [2.75, 3.05) is 17.8 Å². The third kappa shape index (κ3) is 5.80. The maximum absolute atomic E-state index is 6.46. The Hall–Kier alpha value is -1.44. The highest BCUT2D eigenvalue weighted by atomic mass is 35.5. The van der Waals surface area contributed by atoms with Gasteiger partial charge in [0, 0.05) is 41.1 Å². The highest BCUT2D eigenvalue weighted by Gasteiger charge is 2.22. The summed E-state index contributed by atoms with van der Waals surface area (Å²) in [6.45, 7) is 2.85. The van der Waals surface area contributed by atoms with E-state index in [1.54, 1.807) is 17.5 Å². The van der Waals surface area contributed by atoms with E-state index in [-0.39, 0.29) is 6.10 Å². The van der Waals surface area contributed by atoms with Gasteiger partial charge in [-0.25, -0.2) is 4.98 Å². The van der Waals surface area contributed by atoms with E-state index in [1.165, 1.54) is 17.5 Å². The van der Waals surface area contributed by atoms with Gasteiger partial charge in [0.25, 0.3) is 0 Å². The van der Waals surface area contributed by atoms with E-state index in [4.69, 9.17) is 27.9 Å². The van der Waals surface area contributed by atoms with Crippen LogP contribution in [0.4, 0.5) is 5.13 Å². The van der Waals surface area contributed by atoms with Crippen LogP contribution in [-0.2, 0) is 6.54 Å². The van der Waals surface area contributed by atoms with Gasteiger partial charge in [0.2, 0.25) is 0 Å². The van der Waals surface area contributed by atoms with Gasteiger partial charge in [-0.15, -0.1) is 11.3 Å². The fourth-order valence-corrected chi connectivity index (χ4v) is 5.00. The van der Waals surface area contributed by atoms with Crippen LogP contribution in [0.1, 0.15) is 18.4 Å². The van der Waals surface area contributed by atoms with Gasteiger partial charge < -0.3 is 9.46 Å². The first-order valence-electron chi connectivity index (χ1n) is 9.42. The molecule has 0 unspecified atom stereocenters. The number of hydrogen-bond donors (Lipinski definition) is 1. The molecule has 2 heterocycles. The van der Waals surface area contributed by atoms with Crippen molar-refractivity contribution in [3.8, 4) is 5.75 Å². The molecule has 29 heavy (non-hydrogen) atoms. The second-order valence-electron chi connectivity index (χ2n) is 6.82. The molecule has 1 saturated heterocycles. The fourth-order valence-electron chi connectivity index (χ4n) is 3.25. The SMILES string of the molecule is Clc1ccccc1CN1CCC(Oc2ccc(SNc3nccs3)cc2Cl)CC1. The predicted molar refractivity (Wildman–Crippen MR) is 123 cm³/mol. The number of anilines is 1. The molecule has 4 nitrogen and oxygen atoms in total. The van der Waals surface area contributed by atoms with Crippen molar-refractivity contribution >= 4 is 51.6 Å². The van der Waals surface area contributed by atoms with Gasteiger partial charge >= 0.3 is 0 Å². The third-order valence-electron chi connectivity index (χ3n) is 4.77. The fraction of sp³-hybridized carbons (Fsp3) is 0.286. The standard InChI is InChI=1S/C21H21Cl2N3OS2/c22-18-4-2-1-3-15(18)14-26-10-7-16(8-11-26)27-20-6-5-17(13-19(20)23)29-25-21-24-9-12-28-21/h1-6,9,12-13,16H,7-8,10-11,14H2,(H,24,25). The normalized spacial score (nSPS) is 15.4. The summed E-state index contributed by atoms with van der Waals surface area (Å²) in [6.07, 6.45) is 3.91. The second kappa shape index (κ2) is 10.0. The molecule has 152 valence electrons. The first kappa shape index (κ1) is 20.8. The van der Waals surface area contributed by atoms with E-state index in [1.807, 2.05) is 41.8 Å². The van der Waals surface area contributed by atoms with Crippen LogP contribution in [0.2, 0.25) is 10.0 Å². The molecular weight excluding hydrogens is 445 g/mol. The summed E-state index contributed by atoms with van der Waals surface area (Å²) >= 11 is 15.8. The van der Waals surface area contributed by atoms with Crippen molar-refractivity contribution in [3.63, 3.8) is 0 Å². The lowest BCUT2D eigenvalue weighted by Gasteiger charge is -2.32. The zero-order chi connectivity index (χ0) is 20.1. The monoisotopic (exact) mass is 465 g/mol. The summed E-state index contributed by atoms with van der Waals surface area (Å²) in [5, 5.41) is 4.27. The molecule has 0 spiro atoms. The molecular formula is C21H21Cl2N3OS2. The van der Waals surface area contributed by atoms with E-state index in [2.05, 4.69) is 20.7 Å². The molecule has 0 saturated carbocycles. The maximum Gasteiger partial charge on any atom is 0.192 e. The van der Waals surface area contributed by atoms with Gasteiger partial charge in [-0.3, -0.25) is 4.90 Å². The summed E-state index contributed by atoms with van der Waals surface area (Å²) in [5.74, 6) is 0.745. The van der Waals surface area contributed by atoms with E-state index >= 15 is 0 Å². The number of ether oxygens (including phenoxy) is 1. The maximum atomic E-state index is 6.46. The molecule has 0 atom stereocenters. The molecule has 0 aliphatic carbocycles. The summed E-state index contributed by atoms with van der Waals surface area (Å²) in [7, 11) is 0. The first-order valence-corrected chi connectivity index (χ1v) is 11.9. The third-order valence-corrected chi connectivity index (χ3v) is 7.04. The molecule has 1 aromatic heterocycles. The van der Waals surface area contributed by atoms with E-state index in [0.29, 0.717) is 5.02 Å². The number of aromatic nitrogens is 1. The number of nitrogens with zero attached hydrogens (tertiary/aromatic N) is 2. The minimum atomic E-state index is 0.182. The number of hydrogen-bond acceptors (Lipinski definition) is 6. The molecule has 8 heteroatoms. The van der Waals surface area contributed by atoms with E-state index < -0.39 is 0 Å². The molecule has 4 rings (SSSR count). The predicted octanol–water partition coefficient (Wildman–Crippen LogP) is 6.61. The number of likely N-dealkylation sites (tertiary alicyclic amines) is 1. The van der Waals surface area contributed by atoms with Crippen LogP contribution >= 0.6 is 46.5 Å². The Morgan fingerprint density at radius 3 is 2.69 bits per heavy atom. The summed E-state index contributed by atoms with van der Waals surface area (Å²) < 4.78 is 9.40. The van der Waals surface area contributed by atoms with Gasteiger partial charge in [-0.2, -0.15) is 0 Å². The van der Waals surface area contributed by atoms with Crippen molar-refractivity contribution in [1.82, 2.24) is 9.88 Å². The van der Waals surface area contributed by atoms with Crippen molar-refractivity contribution in [3.05, 3.63) is 69.7 Å². The lowest BCUT2D eigenvalue weighted by Crippen LogP contribution is -2.37. The molecule has 1 N–H and O–H groups in total. The number of halogens is 2. The van der Waals surface area contributed by atoms with Crippen LogP contribution < -0.4 is 9.46 Å². The average molecular weight is 466 g/mol. The van der Waals surface area contributed by atoms with E-state index in [0.717, 1.165) is 53.3 Å². The van der Waals surface area contributed by atoms with Crippen LogP contribution in [0.3, 0.4) is 0 Å². The molecule has 1 aliphatic rings. The van der Waals surface area contributed by atoms with Crippen molar-refractivity contribution in [2.24, 2.45) is 0 Å². The van der Waals surface area contributed by atoms with Gasteiger partial charge in [0.15, 0.2) is 5.13 Å². The summed E-state index contributed by atoms with van der Waals surface area (Å²) in [5.41, 5.74) is 1.18. The number of benzene rings is 2. The van der Waals surface area contributed by atoms with Crippen molar-refractivity contribution < 1.29 is 4.74 Å². The highest BCUT2D eigenvalue weighted by molar-refractivity contribution is 8.00. The Morgan fingerprint density at radius 2 is 1.97 bits per heavy atom. The second-order valence-corrected chi connectivity index (χ2v) is 9.41. The smallest absolute Gasteiger partial charge is 0.192 e. The minimum Gasteiger partial charge on any atom is -0.489 e. The zero-order valence-electron chi connectivity index (χ0n) is 15.7. The molecule has 0 amide bonds. The average Bonchev–Trinajstić information content (AvgIpc) is 3.25. The Bertz CT molecular complexity index is 931. The largest absolute Gasteiger partial charge is 0.489 e. The summed E-state index contributed by atoms with van der Waals surface area (Å²) in [4.78, 5) is 7.65. The van der Waals surface area contributed by atoms with Crippen molar-refractivity contribution in [2.45, 2.75) is 30.4 Å². The zero-order valence-corrected chi connectivity index (χ0v) is 18.8. The van der Waals surface area contributed by atoms with Gasteiger partial charge in [-0.05, 0) is 54.6 Å². The first-order chi connectivity index (χ1) is 14.2. The van der Waals surface area contributed by atoms with Crippen LogP contribution in [0.5, 0.6) is 5.75 Å². The van der Waals surface area contributed by atoms with Gasteiger partial charge in [0.05, 0.1) is 5.02 Å². The topological polar surface area (TPSA) is 37.4 Å². The molecule has 0 radical (unpaired) electrons. The highest BCUT2D eigenvalue weighted by Crippen LogP contribution is 2.32. The van der Waals surface area contributed by atoms with Gasteiger partial charge in [0.1, 0.15) is 11.9 Å². The van der Waals surface area contributed by atoms with Gasteiger partial charge in [-0.1, -0.05) is 41.4 Å². The Balaban J connectivity index is 1.27.